The maximum absolute atomic E-state index is 14.1. The monoisotopic (exact) mass is 995 g/mol. The number of amides is 9. The number of aliphatic carboxylic acids is 1. The first kappa shape index (κ1) is 56.9. The van der Waals surface area contributed by atoms with Crippen LogP contribution in [0.25, 0.3) is 0 Å². The van der Waals surface area contributed by atoms with Crippen LogP contribution in [0, 0.1) is 0 Å². The molecule has 0 aromatic rings. The molecule has 3 aliphatic rings. The number of hydrogen-bond donors (Lipinski definition) is 13. The molecule has 3 saturated heterocycles. The number of aliphatic imine (C=N–C) groups is 2. The van der Waals surface area contributed by atoms with E-state index in [0.717, 1.165) is 11.3 Å². The minimum Gasteiger partial charge on any atom is -0.480 e. The molecule has 0 aliphatic carbocycles. The van der Waals surface area contributed by atoms with E-state index in [-0.39, 0.29) is 95.4 Å². The van der Waals surface area contributed by atoms with Crippen molar-refractivity contribution in [2.24, 2.45) is 38.7 Å². The third kappa shape index (κ3) is 19.6. The lowest BCUT2D eigenvalue weighted by Gasteiger charge is -2.31. The SMILES string of the molecule is CSCCC(NC(=O)CNC(=O)C(CCCN=C(N)N)NC(=O)CNC(=O)C(CCCN=C(N)N)NC(=O)C1CCCN1)C(=O)N1CCCC1C(=O)NC(CCC(N)=O)C(=O)N1CCCC1C(=O)O. The van der Waals surface area contributed by atoms with E-state index in [1.54, 1.807) is 6.26 Å². The van der Waals surface area contributed by atoms with Crippen LogP contribution in [0.4, 0.5) is 0 Å². The van der Waals surface area contributed by atoms with E-state index in [2.05, 4.69) is 47.2 Å². The summed E-state index contributed by atoms with van der Waals surface area (Å²) in [7, 11) is 0. The van der Waals surface area contributed by atoms with Gasteiger partial charge in [-0.3, -0.25) is 53.1 Å². The number of nitrogens with one attached hydrogen (secondary N) is 7. The van der Waals surface area contributed by atoms with E-state index in [9.17, 15) is 53.1 Å². The van der Waals surface area contributed by atoms with Gasteiger partial charge >= 0.3 is 5.97 Å². The molecule has 0 aromatic carbocycles. The van der Waals surface area contributed by atoms with Crippen LogP contribution in [0.2, 0.25) is 0 Å². The molecule has 28 heteroatoms. The highest BCUT2D eigenvalue weighted by Crippen LogP contribution is 2.23. The fourth-order valence-electron chi connectivity index (χ4n) is 8.09. The number of likely N-dealkylation sites (tertiary alicyclic amines) is 2. The number of carboxylic acids is 1. The Hall–Kier alpha value is -6.45. The van der Waals surface area contributed by atoms with Crippen molar-refractivity contribution in [2.75, 3.05) is 57.8 Å². The number of guanidine groups is 2. The van der Waals surface area contributed by atoms with Gasteiger partial charge in [-0.05, 0) is 95.6 Å². The normalized spacial score (nSPS) is 19.2. The zero-order chi connectivity index (χ0) is 51.0. The van der Waals surface area contributed by atoms with Crippen LogP contribution in [0.1, 0.15) is 83.5 Å². The van der Waals surface area contributed by atoms with Crippen LogP contribution in [-0.2, 0) is 47.9 Å². The summed E-state index contributed by atoms with van der Waals surface area (Å²) in [6.07, 6.45) is 4.83. The molecule has 27 nitrogen and oxygen atoms in total. The van der Waals surface area contributed by atoms with Crippen molar-refractivity contribution >= 4 is 82.8 Å². The fourth-order valence-corrected chi connectivity index (χ4v) is 8.56. The molecule has 7 atom stereocenters. The van der Waals surface area contributed by atoms with Crippen molar-refractivity contribution in [3.63, 3.8) is 0 Å². The van der Waals surface area contributed by atoms with Gasteiger partial charge in [0.25, 0.3) is 0 Å². The van der Waals surface area contributed by atoms with E-state index < -0.39 is 109 Å². The molecule has 9 amide bonds. The Labute approximate surface area is 404 Å². The van der Waals surface area contributed by atoms with Gasteiger partial charge in [0, 0.05) is 32.6 Å². The molecule has 0 spiro atoms. The fraction of sp³-hybridized carbons (Fsp3) is 0.707. The summed E-state index contributed by atoms with van der Waals surface area (Å²) in [5.74, 6) is -7.18. The second kappa shape index (κ2) is 29.4. The predicted octanol–water partition coefficient (Wildman–Crippen LogP) is -5.90. The predicted molar refractivity (Wildman–Crippen MR) is 253 cm³/mol. The van der Waals surface area contributed by atoms with Crippen LogP contribution >= 0.6 is 11.8 Å². The Morgan fingerprint density at radius 3 is 1.62 bits per heavy atom. The summed E-state index contributed by atoms with van der Waals surface area (Å²) in [4.78, 5) is 141. The summed E-state index contributed by atoms with van der Waals surface area (Å²) in [5.41, 5.74) is 27.0. The van der Waals surface area contributed by atoms with E-state index >= 15 is 0 Å². The van der Waals surface area contributed by atoms with Gasteiger partial charge in [0.15, 0.2) is 11.9 Å². The zero-order valence-electron chi connectivity index (χ0n) is 39.0. The van der Waals surface area contributed by atoms with Crippen molar-refractivity contribution in [3.05, 3.63) is 0 Å². The van der Waals surface area contributed by atoms with Crippen molar-refractivity contribution in [1.82, 2.24) is 47.0 Å². The van der Waals surface area contributed by atoms with Gasteiger partial charge in [-0.2, -0.15) is 11.8 Å². The minimum absolute atomic E-state index is 0.00217. The van der Waals surface area contributed by atoms with Crippen molar-refractivity contribution < 1.29 is 53.1 Å². The molecule has 0 radical (unpaired) electrons. The highest BCUT2D eigenvalue weighted by atomic mass is 32.2. The average Bonchev–Trinajstić information content (AvgIpc) is 4.12. The Kier molecular flexibility index (Phi) is 24.3. The van der Waals surface area contributed by atoms with E-state index in [0.29, 0.717) is 38.0 Å². The molecule has 18 N–H and O–H groups in total. The average molecular weight is 995 g/mol. The van der Waals surface area contributed by atoms with E-state index in [1.165, 1.54) is 16.7 Å². The number of carbonyl (C=O) groups is 10. The maximum atomic E-state index is 14.1. The van der Waals surface area contributed by atoms with Gasteiger partial charge in [0.1, 0.15) is 36.3 Å². The number of thioether (sulfide) groups is 1. The molecule has 3 rings (SSSR count). The molecular weight excluding hydrogens is 925 g/mol. The molecule has 7 unspecified atom stereocenters. The minimum atomic E-state index is -1.29. The van der Waals surface area contributed by atoms with Gasteiger partial charge < -0.3 is 80.8 Å². The van der Waals surface area contributed by atoms with Crippen molar-refractivity contribution in [3.8, 4) is 0 Å². The standard InChI is InChI=1S/C41H70N16O11S/c1-69-20-14-27(38(66)56-18-5-10-28(56)36(64)55-26(12-13-30(42)58)37(65)57-19-6-11-29(57)39(67)68)53-32(60)22-50-33(61)24(8-3-16-48-40(43)44)52-31(59)21-51-34(62)25(9-4-17-49-41(45)46)54-35(63)23-7-2-15-47-23/h23-29,47H,2-22H2,1H3,(H2,42,58)(H,50,61)(H,51,62)(H,52,59)(H,53,60)(H,54,63)(H,55,64)(H,67,68)(H4,43,44,48)(H4,45,46,49). The van der Waals surface area contributed by atoms with Crippen LogP contribution in [0.5, 0.6) is 0 Å². The first-order valence-corrected chi connectivity index (χ1v) is 24.4. The third-order valence-electron chi connectivity index (χ3n) is 11.6. The number of primary amides is 1. The molecule has 0 bridgehead atoms. The molecule has 3 heterocycles. The third-order valence-corrected chi connectivity index (χ3v) is 12.2. The topological polar surface area (TPSA) is 436 Å². The molecule has 3 aliphatic heterocycles. The van der Waals surface area contributed by atoms with Gasteiger partial charge in [-0.15, -0.1) is 0 Å². The number of carboxylic acid groups (broad SMARTS) is 1. The summed E-state index contributed by atoms with van der Waals surface area (Å²) < 4.78 is 0. The van der Waals surface area contributed by atoms with Gasteiger partial charge in [-0.25, -0.2) is 4.79 Å². The Bertz CT molecular complexity index is 1890. The quantitative estimate of drug-likeness (QED) is 0.0189. The lowest BCUT2D eigenvalue weighted by molar-refractivity contribution is -0.150. The maximum Gasteiger partial charge on any atom is 0.326 e. The van der Waals surface area contributed by atoms with Gasteiger partial charge in [0.2, 0.25) is 53.2 Å². The summed E-state index contributed by atoms with van der Waals surface area (Å²) in [5, 5.41) is 28.2. The number of hydrogen-bond acceptors (Lipinski definition) is 14. The number of nitrogens with two attached hydrogens (primary N) is 5. The van der Waals surface area contributed by atoms with Crippen LogP contribution in [0.3, 0.4) is 0 Å². The molecular formula is C41H70N16O11S. The first-order chi connectivity index (χ1) is 32.8. The van der Waals surface area contributed by atoms with Crippen LogP contribution in [0.15, 0.2) is 9.98 Å². The highest BCUT2D eigenvalue weighted by molar-refractivity contribution is 7.98. The highest BCUT2D eigenvalue weighted by Gasteiger charge is 2.42. The summed E-state index contributed by atoms with van der Waals surface area (Å²) in [6, 6.07) is -7.34. The van der Waals surface area contributed by atoms with E-state index in [4.69, 9.17) is 28.7 Å². The first-order valence-electron chi connectivity index (χ1n) is 23.0. The lowest BCUT2D eigenvalue weighted by Crippen LogP contribution is -2.58. The Balaban J connectivity index is 1.66. The number of nitrogens with zero attached hydrogens (tertiary/aromatic N) is 4. The molecule has 386 valence electrons. The largest absolute Gasteiger partial charge is 0.480 e. The van der Waals surface area contributed by atoms with E-state index in [1.807, 2.05) is 0 Å². The van der Waals surface area contributed by atoms with Gasteiger partial charge in [-0.1, -0.05) is 0 Å². The molecule has 3 fully saturated rings. The lowest BCUT2D eigenvalue weighted by atomic mass is 10.1. The molecule has 0 aromatic heterocycles. The zero-order valence-corrected chi connectivity index (χ0v) is 39.8. The van der Waals surface area contributed by atoms with Gasteiger partial charge in [0.05, 0.1) is 19.1 Å². The molecule has 69 heavy (non-hydrogen) atoms. The summed E-state index contributed by atoms with van der Waals surface area (Å²) >= 11 is 1.40. The van der Waals surface area contributed by atoms with Crippen molar-refractivity contribution in [2.45, 2.75) is 126 Å². The second-order valence-corrected chi connectivity index (χ2v) is 17.8. The molecule has 0 saturated carbocycles. The Morgan fingerprint density at radius 2 is 1.13 bits per heavy atom. The summed E-state index contributed by atoms with van der Waals surface area (Å²) in [6.45, 7) is 0.0154. The second-order valence-electron chi connectivity index (χ2n) is 16.8. The van der Waals surface area contributed by atoms with Crippen LogP contribution in [-0.4, -0.2) is 186 Å². The Morgan fingerprint density at radius 1 is 0.638 bits per heavy atom. The van der Waals surface area contributed by atoms with Crippen LogP contribution < -0.4 is 65.9 Å². The smallest absolute Gasteiger partial charge is 0.326 e. The van der Waals surface area contributed by atoms with Crippen molar-refractivity contribution in [1.29, 1.82) is 0 Å². The number of carbonyl (C=O) groups excluding carboxylic acids is 9. The number of rotatable bonds is 29.